The monoisotopic (exact) mass is 225 g/mol. The topological polar surface area (TPSA) is 93.8 Å². The summed E-state index contributed by atoms with van der Waals surface area (Å²) in [4.78, 5) is 15.2. The van der Waals surface area contributed by atoms with Crippen molar-refractivity contribution in [1.82, 2.24) is 15.2 Å². The van der Waals surface area contributed by atoms with Gasteiger partial charge in [0.05, 0.1) is 0 Å². The third kappa shape index (κ3) is 2.35. The maximum atomic E-state index is 11.1. The molecule has 0 saturated heterocycles. The highest BCUT2D eigenvalue weighted by Gasteiger charge is 2.24. The van der Waals surface area contributed by atoms with E-state index in [4.69, 9.17) is 5.73 Å². The lowest BCUT2D eigenvalue weighted by Crippen LogP contribution is -2.19. The summed E-state index contributed by atoms with van der Waals surface area (Å²) in [5.41, 5.74) is 5.28. The minimum atomic E-state index is -0.606. The molecular formula is C8H11N5OS. The van der Waals surface area contributed by atoms with Crippen molar-refractivity contribution in [3.8, 4) is 0 Å². The first-order chi connectivity index (χ1) is 7.20. The molecule has 1 aromatic heterocycles. The van der Waals surface area contributed by atoms with Gasteiger partial charge >= 0.3 is 0 Å². The Bertz CT molecular complexity index is 393. The second kappa shape index (κ2) is 4.01. The van der Waals surface area contributed by atoms with Gasteiger partial charge in [0, 0.05) is 6.04 Å². The van der Waals surface area contributed by atoms with Crippen molar-refractivity contribution in [1.29, 1.82) is 0 Å². The van der Waals surface area contributed by atoms with Gasteiger partial charge in [-0.15, -0.1) is 10.2 Å². The van der Waals surface area contributed by atoms with Gasteiger partial charge < -0.3 is 11.1 Å². The van der Waals surface area contributed by atoms with Crippen LogP contribution in [-0.4, -0.2) is 33.4 Å². The van der Waals surface area contributed by atoms with Crippen molar-refractivity contribution in [3.05, 3.63) is 5.69 Å². The van der Waals surface area contributed by atoms with Gasteiger partial charge in [-0.1, -0.05) is 11.8 Å². The quantitative estimate of drug-likeness (QED) is 0.714. The van der Waals surface area contributed by atoms with Gasteiger partial charge in [0.15, 0.2) is 11.5 Å². The number of anilines is 1. The normalized spacial score (nSPS) is 15.0. The highest BCUT2D eigenvalue weighted by Crippen LogP contribution is 2.25. The zero-order valence-corrected chi connectivity index (χ0v) is 9.04. The van der Waals surface area contributed by atoms with Crippen LogP contribution in [-0.2, 0) is 0 Å². The molecule has 1 amide bonds. The van der Waals surface area contributed by atoms with E-state index in [1.165, 1.54) is 11.8 Å². The molecule has 0 unspecified atom stereocenters. The van der Waals surface area contributed by atoms with E-state index in [9.17, 15) is 4.79 Å². The summed E-state index contributed by atoms with van der Waals surface area (Å²) in [6.45, 7) is 0. The summed E-state index contributed by atoms with van der Waals surface area (Å²) in [7, 11) is 0. The molecule has 0 atom stereocenters. The van der Waals surface area contributed by atoms with E-state index in [0.717, 1.165) is 12.8 Å². The van der Waals surface area contributed by atoms with Gasteiger partial charge in [-0.25, -0.2) is 4.98 Å². The molecule has 1 heterocycles. The van der Waals surface area contributed by atoms with Gasteiger partial charge in [-0.3, -0.25) is 4.79 Å². The minimum absolute atomic E-state index is 0.111. The molecule has 1 aliphatic rings. The van der Waals surface area contributed by atoms with Crippen LogP contribution in [0.1, 0.15) is 23.3 Å². The molecule has 1 fully saturated rings. The number of hydrogen-bond donors (Lipinski definition) is 2. The first kappa shape index (κ1) is 10.2. The van der Waals surface area contributed by atoms with E-state index in [1.807, 2.05) is 6.26 Å². The van der Waals surface area contributed by atoms with Gasteiger partial charge in [0.2, 0.25) is 5.16 Å². The molecule has 80 valence electrons. The van der Waals surface area contributed by atoms with Gasteiger partial charge in [0.1, 0.15) is 0 Å². The third-order valence-electron chi connectivity index (χ3n) is 2.00. The number of aromatic nitrogens is 3. The maximum Gasteiger partial charge on any atom is 0.273 e. The molecule has 2 rings (SSSR count). The Kier molecular flexibility index (Phi) is 2.72. The molecular weight excluding hydrogens is 214 g/mol. The molecule has 7 heteroatoms. The average Bonchev–Trinajstić information content (AvgIpc) is 3.01. The highest BCUT2D eigenvalue weighted by atomic mass is 32.2. The Balaban J connectivity index is 2.30. The van der Waals surface area contributed by atoms with Crippen LogP contribution in [0.5, 0.6) is 0 Å². The molecule has 1 saturated carbocycles. The summed E-state index contributed by atoms with van der Waals surface area (Å²) < 4.78 is 0. The van der Waals surface area contributed by atoms with Crippen molar-refractivity contribution in [3.63, 3.8) is 0 Å². The Morgan fingerprint density at radius 3 is 2.80 bits per heavy atom. The molecule has 0 aromatic carbocycles. The van der Waals surface area contributed by atoms with Crippen LogP contribution < -0.4 is 11.1 Å². The number of rotatable bonds is 4. The van der Waals surface area contributed by atoms with Crippen molar-refractivity contribution >= 4 is 23.5 Å². The van der Waals surface area contributed by atoms with E-state index in [1.54, 1.807) is 0 Å². The van der Waals surface area contributed by atoms with E-state index >= 15 is 0 Å². The first-order valence-electron chi connectivity index (χ1n) is 4.55. The molecule has 0 radical (unpaired) electrons. The van der Waals surface area contributed by atoms with E-state index in [2.05, 4.69) is 20.5 Å². The van der Waals surface area contributed by atoms with Crippen molar-refractivity contribution in [2.24, 2.45) is 5.73 Å². The zero-order valence-electron chi connectivity index (χ0n) is 8.23. The summed E-state index contributed by atoms with van der Waals surface area (Å²) in [5, 5.41) is 11.2. The van der Waals surface area contributed by atoms with Gasteiger partial charge in [0.25, 0.3) is 5.91 Å². The number of hydrogen-bond acceptors (Lipinski definition) is 6. The number of nitrogens with one attached hydrogen (secondary N) is 1. The smallest absolute Gasteiger partial charge is 0.273 e. The highest BCUT2D eigenvalue weighted by molar-refractivity contribution is 7.98. The molecule has 1 aromatic rings. The Hall–Kier alpha value is -1.37. The Labute approximate surface area is 91.1 Å². The number of nitrogens with zero attached hydrogens (tertiary/aromatic N) is 3. The maximum absolute atomic E-state index is 11.1. The van der Waals surface area contributed by atoms with E-state index < -0.39 is 5.91 Å². The van der Waals surface area contributed by atoms with Crippen molar-refractivity contribution in [2.75, 3.05) is 11.6 Å². The second-order valence-corrected chi connectivity index (χ2v) is 4.05. The second-order valence-electron chi connectivity index (χ2n) is 3.28. The molecule has 3 N–H and O–H groups in total. The summed E-state index contributed by atoms with van der Waals surface area (Å²) in [5.74, 6) is -0.157. The third-order valence-corrected chi connectivity index (χ3v) is 2.54. The molecule has 15 heavy (non-hydrogen) atoms. The molecule has 6 nitrogen and oxygen atoms in total. The minimum Gasteiger partial charge on any atom is -0.365 e. The number of thioether (sulfide) groups is 1. The van der Waals surface area contributed by atoms with Crippen LogP contribution in [0.25, 0.3) is 0 Å². The molecule has 0 spiro atoms. The Morgan fingerprint density at radius 1 is 1.53 bits per heavy atom. The fraction of sp³-hybridized carbons (Fsp3) is 0.500. The Morgan fingerprint density at radius 2 is 2.27 bits per heavy atom. The van der Waals surface area contributed by atoms with E-state index in [-0.39, 0.29) is 5.69 Å². The number of amides is 1. The summed E-state index contributed by atoms with van der Waals surface area (Å²) >= 11 is 1.37. The lowest BCUT2D eigenvalue weighted by atomic mass is 10.4. The predicted molar refractivity (Wildman–Crippen MR) is 56.8 cm³/mol. The number of nitrogens with two attached hydrogens (primary N) is 1. The van der Waals surface area contributed by atoms with Crippen LogP contribution in [0.3, 0.4) is 0 Å². The van der Waals surface area contributed by atoms with Crippen LogP contribution in [0.15, 0.2) is 5.16 Å². The number of carbonyl (C=O) groups excluding carboxylic acids is 1. The van der Waals surface area contributed by atoms with Crippen molar-refractivity contribution in [2.45, 2.75) is 24.0 Å². The summed E-state index contributed by atoms with van der Waals surface area (Å²) in [6.07, 6.45) is 4.04. The molecule has 1 aliphatic carbocycles. The zero-order chi connectivity index (χ0) is 10.8. The van der Waals surface area contributed by atoms with Crippen LogP contribution in [0.2, 0.25) is 0 Å². The summed E-state index contributed by atoms with van der Waals surface area (Å²) in [6, 6.07) is 0.398. The van der Waals surface area contributed by atoms with Gasteiger partial charge in [-0.05, 0) is 19.1 Å². The van der Waals surface area contributed by atoms with Gasteiger partial charge in [-0.2, -0.15) is 0 Å². The fourth-order valence-corrected chi connectivity index (χ4v) is 1.39. The SMILES string of the molecule is CSc1nnc(C(N)=O)c(NC2CC2)n1. The largest absolute Gasteiger partial charge is 0.365 e. The fourth-order valence-electron chi connectivity index (χ4n) is 1.09. The standard InChI is InChI=1S/C8H11N5OS/c1-15-8-11-7(10-4-2-3-4)5(6(9)14)12-13-8/h4H,2-3H2,1H3,(H2,9,14)(H,10,11,13). The number of primary amides is 1. The lowest BCUT2D eigenvalue weighted by molar-refractivity contribution is 0.0994. The van der Waals surface area contributed by atoms with Crippen LogP contribution >= 0.6 is 11.8 Å². The predicted octanol–water partition coefficient (Wildman–Crippen LogP) is 0.267. The lowest BCUT2D eigenvalue weighted by Gasteiger charge is -2.06. The van der Waals surface area contributed by atoms with Crippen LogP contribution in [0.4, 0.5) is 5.82 Å². The average molecular weight is 225 g/mol. The first-order valence-corrected chi connectivity index (χ1v) is 5.78. The van der Waals surface area contributed by atoms with Crippen LogP contribution in [0, 0.1) is 0 Å². The molecule has 0 bridgehead atoms. The number of carbonyl (C=O) groups is 1. The van der Waals surface area contributed by atoms with E-state index in [0.29, 0.717) is 17.0 Å². The van der Waals surface area contributed by atoms with Crippen molar-refractivity contribution < 1.29 is 4.79 Å². The molecule has 0 aliphatic heterocycles.